The van der Waals surface area contributed by atoms with Crippen LogP contribution < -0.4 is 19.3 Å². The van der Waals surface area contributed by atoms with Gasteiger partial charge in [-0.2, -0.15) is 0 Å². The van der Waals surface area contributed by atoms with E-state index in [-0.39, 0.29) is 24.1 Å². The monoisotopic (exact) mass is 495 g/mol. The molecule has 3 saturated heterocycles. The zero-order valence-electron chi connectivity index (χ0n) is 21.4. The molecule has 1 amide bonds. The fourth-order valence-electron chi connectivity index (χ4n) is 5.51. The van der Waals surface area contributed by atoms with Crippen LogP contribution in [0.4, 0.5) is 11.4 Å². The second kappa shape index (κ2) is 11.0. The van der Waals surface area contributed by atoms with Gasteiger partial charge in [0, 0.05) is 31.4 Å². The summed E-state index contributed by atoms with van der Waals surface area (Å²) < 4.78 is 17.1. The minimum Gasteiger partial charge on any atom is -0.494 e. The molecule has 0 saturated carbocycles. The molecule has 9 heteroatoms. The number of hydrogen-bond donors (Lipinski definition) is 0. The number of carbonyl (C=O) groups excluding carboxylic acids is 1. The number of amides is 1. The Bertz CT molecular complexity index is 1010. The molecule has 5 rings (SSSR count). The lowest BCUT2D eigenvalue weighted by molar-refractivity contribution is -0.141. The van der Waals surface area contributed by atoms with Crippen LogP contribution in [-0.4, -0.2) is 85.5 Å². The van der Waals surface area contributed by atoms with Gasteiger partial charge in [0.15, 0.2) is 0 Å². The van der Waals surface area contributed by atoms with Crippen molar-refractivity contribution < 1.29 is 19.0 Å². The average Bonchev–Trinajstić information content (AvgIpc) is 3.33. The molecule has 1 spiro atoms. The molecule has 0 aliphatic carbocycles. The molecule has 1 atom stereocenters. The number of carbonyl (C=O) groups is 1. The number of piperidine rings is 1. The summed E-state index contributed by atoms with van der Waals surface area (Å²) in [5.74, 6) is 0.857. The highest BCUT2D eigenvalue weighted by Crippen LogP contribution is 2.34. The second-order valence-electron chi connectivity index (χ2n) is 10.1. The molecule has 36 heavy (non-hydrogen) atoms. The number of morpholine rings is 1. The first kappa shape index (κ1) is 24.8. The van der Waals surface area contributed by atoms with Gasteiger partial charge in [0.2, 0.25) is 0 Å². The molecule has 0 radical (unpaired) electrons. The van der Waals surface area contributed by atoms with Crippen LogP contribution in [0.2, 0.25) is 0 Å². The summed E-state index contributed by atoms with van der Waals surface area (Å²) in [6.07, 6.45) is 8.66. The first-order valence-electron chi connectivity index (χ1n) is 13.1. The van der Waals surface area contributed by atoms with Crippen molar-refractivity contribution in [2.75, 3.05) is 62.8 Å². The average molecular weight is 496 g/mol. The second-order valence-corrected chi connectivity index (χ2v) is 10.1. The van der Waals surface area contributed by atoms with E-state index in [1.54, 1.807) is 17.3 Å². The summed E-state index contributed by atoms with van der Waals surface area (Å²) in [7, 11) is 1.52. The van der Waals surface area contributed by atoms with Crippen molar-refractivity contribution in [2.24, 2.45) is 0 Å². The number of nitrogens with zero attached hydrogens (tertiary/aromatic N) is 5. The van der Waals surface area contributed by atoms with Gasteiger partial charge in [0.05, 0.1) is 43.9 Å². The number of aromatic nitrogens is 2. The standard InChI is InChI=1S/C27H37N5O4/c1-21-5-3-12-30(21)13-4-16-35-24-8-6-22(7-9-24)31-14-10-27(11-15-31)20-32(25(33)19-36-27)23-17-28-26(34-2)29-18-23/h6-9,17-18,21H,3-5,10-16,19-20H2,1-2H3/t21-/m1/s1. The molecule has 194 valence electrons. The summed E-state index contributed by atoms with van der Waals surface area (Å²) in [5.41, 5.74) is 1.52. The Morgan fingerprint density at radius 2 is 1.83 bits per heavy atom. The number of methoxy groups -OCH3 is 1. The SMILES string of the molecule is COc1ncc(N2CC3(CCN(c4ccc(OCCCN5CCC[C@H]5C)cc4)CC3)OCC2=O)cn1. The van der Waals surface area contributed by atoms with E-state index in [9.17, 15) is 4.79 Å². The van der Waals surface area contributed by atoms with Gasteiger partial charge >= 0.3 is 6.01 Å². The summed E-state index contributed by atoms with van der Waals surface area (Å²) in [6.45, 7) is 7.74. The molecule has 2 aromatic rings. The molecule has 0 bridgehead atoms. The van der Waals surface area contributed by atoms with Gasteiger partial charge in [-0.25, -0.2) is 9.97 Å². The van der Waals surface area contributed by atoms with E-state index in [1.165, 1.54) is 32.2 Å². The topological polar surface area (TPSA) is 80.3 Å². The molecule has 3 aliphatic rings. The zero-order chi connectivity index (χ0) is 25.0. The Morgan fingerprint density at radius 3 is 2.50 bits per heavy atom. The molecule has 1 aromatic heterocycles. The minimum atomic E-state index is -0.347. The molecule has 3 aliphatic heterocycles. The normalized spacial score (nSPS) is 22.3. The number of likely N-dealkylation sites (tertiary alicyclic amines) is 1. The summed E-state index contributed by atoms with van der Waals surface area (Å²) >= 11 is 0. The lowest BCUT2D eigenvalue weighted by Crippen LogP contribution is -2.59. The quantitative estimate of drug-likeness (QED) is 0.517. The lowest BCUT2D eigenvalue weighted by atomic mass is 9.89. The number of benzene rings is 1. The highest BCUT2D eigenvalue weighted by molar-refractivity contribution is 5.94. The van der Waals surface area contributed by atoms with E-state index >= 15 is 0 Å². The Balaban J connectivity index is 1.11. The van der Waals surface area contributed by atoms with Crippen LogP contribution in [0.15, 0.2) is 36.7 Å². The maximum absolute atomic E-state index is 12.6. The lowest BCUT2D eigenvalue weighted by Gasteiger charge is -2.47. The molecule has 0 N–H and O–H groups in total. The molecule has 9 nitrogen and oxygen atoms in total. The van der Waals surface area contributed by atoms with E-state index in [4.69, 9.17) is 14.2 Å². The van der Waals surface area contributed by atoms with E-state index in [0.717, 1.165) is 51.3 Å². The van der Waals surface area contributed by atoms with Crippen LogP contribution in [0.3, 0.4) is 0 Å². The predicted molar refractivity (Wildman–Crippen MR) is 138 cm³/mol. The number of ether oxygens (including phenoxy) is 3. The van der Waals surface area contributed by atoms with E-state index < -0.39 is 0 Å². The fourth-order valence-corrected chi connectivity index (χ4v) is 5.51. The Kier molecular flexibility index (Phi) is 7.57. The van der Waals surface area contributed by atoms with Crippen LogP contribution in [-0.2, 0) is 9.53 Å². The fraction of sp³-hybridized carbons (Fsp3) is 0.593. The van der Waals surface area contributed by atoms with E-state index in [2.05, 4.69) is 51.0 Å². The third-order valence-electron chi connectivity index (χ3n) is 7.78. The Labute approximate surface area is 213 Å². The van der Waals surface area contributed by atoms with Crippen LogP contribution >= 0.6 is 0 Å². The predicted octanol–water partition coefficient (Wildman–Crippen LogP) is 3.14. The van der Waals surface area contributed by atoms with Crippen molar-refractivity contribution in [2.45, 2.75) is 50.7 Å². The van der Waals surface area contributed by atoms with Gasteiger partial charge in [-0.05, 0) is 69.8 Å². The molecule has 1 aromatic carbocycles. The van der Waals surface area contributed by atoms with Gasteiger partial charge < -0.3 is 28.9 Å². The minimum absolute atomic E-state index is 0.0673. The highest BCUT2D eigenvalue weighted by Gasteiger charge is 2.43. The molecular formula is C27H37N5O4. The number of rotatable bonds is 8. The molecule has 3 fully saturated rings. The van der Waals surface area contributed by atoms with Crippen molar-refractivity contribution in [1.82, 2.24) is 14.9 Å². The first-order chi connectivity index (χ1) is 17.5. The van der Waals surface area contributed by atoms with Crippen LogP contribution in [0, 0.1) is 0 Å². The van der Waals surface area contributed by atoms with Crippen molar-refractivity contribution in [3.8, 4) is 11.8 Å². The Morgan fingerprint density at radius 1 is 1.08 bits per heavy atom. The zero-order valence-corrected chi connectivity index (χ0v) is 21.4. The molecule has 0 unspecified atom stereocenters. The van der Waals surface area contributed by atoms with Crippen molar-refractivity contribution in [1.29, 1.82) is 0 Å². The van der Waals surface area contributed by atoms with Crippen LogP contribution in [0.5, 0.6) is 11.8 Å². The van der Waals surface area contributed by atoms with Crippen LogP contribution in [0.1, 0.15) is 39.0 Å². The van der Waals surface area contributed by atoms with Gasteiger partial charge in [0.1, 0.15) is 12.4 Å². The van der Waals surface area contributed by atoms with E-state index in [0.29, 0.717) is 18.3 Å². The van der Waals surface area contributed by atoms with Crippen molar-refractivity contribution >= 4 is 17.3 Å². The summed E-state index contributed by atoms with van der Waals surface area (Å²) in [5, 5.41) is 0. The van der Waals surface area contributed by atoms with Gasteiger partial charge in [-0.3, -0.25) is 4.79 Å². The summed E-state index contributed by atoms with van der Waals surface area (Å²) in [4.78, 5) is 27.6. The Hall–Kier alpha value is -2.91. The third-order valence-corrected chi connectivity index (χ3v) is 7.78. The summed E-state index contributed by atoms with van der Waals surface area (Å²) in [6, 6.07) is 9.42. The van der Waals surface area contributed by atoms with Crippen molar-refractivity contribution in [3.63, 3.8) is 0 Å². The number of hydrogen-bond acceptors (Lipinski definition) is 8. The van der Waals surface area contributed by atoms with Crippen LogP contribution in [0.25, 0.3) is 0 Å². The smallest absolute Gasteiger partial charge is 0.316 e. The maximum Gasteiger partial charge on any atom is 0.316 e. The maximum atomic E-state index is 12.6. The number of anilines is 2. The third kappa shape index (κ3) is 5.57. The van der Waals surface area contributed by atoms with E-state index in [1.807, 2.05) is 0 Å². The molecular weight excluding hydrogens is 458 g/mol. The van der Waals surface area contributed by atoms with Gasteiger partial charge in [0.25, 0.3) is 5.91 Å². The first-order valence-corrected chi connectivity index (χ1v) is 13.1. The van der Waals surface area contributed by atoms with Gasteiger partial charge in [-0.1, -0.05) is 0 Å². The largest absolute Gasteiger partial charge is 0.494 e. The molecule has 4 heterocycles. The van der Waals surface area contributed by atoms with Gasteiger partial charge in [-0.15, -0.1) is 0 Å². The highest BCUT2D eigenvalue weighted by atomic mass is 16.5. The van der Waals surface area contributed by atoms with Crippen molar-refractivity contribution in [3.05, 3.63) is 36.7 Å².